The first kappa shape index (κ1) is 16.7. The first-order valence-corrected chi connectivity index (χ1v) is 6.89. The van der Waals surface area contributed by atoms with Crippen molar-refractivity contribution < 1.29 is 9.59 Å². The standard InChI is InChI=1S/C14H26N2O2/c1-3-5-6-7-8-9-10-11-13(17)16-12-14(18)15-4-2/h6-7H,3-5,8-12H2,1-2H3,(H,15,18)(H,16,17)/b7-6-. The second kappa shape index (κ2) is 12.1. The van der Waals surface area contributed by atoms with Crippen LogP contribution in [0, 0.1) is 0 Å². The average Bonchev–Trinajstić information content (AvgIpc) is 2.35. The van der Waals surface area contributed by atoms with Crippen LogP contribution in [0.15, 0.2) is 12.2 Å². The molecule has 0 aromatic rings. The molecule has 104 valence electrons. The Morgan fingerprint density at radius 1 is 0.944 bits per heavy atom. The Bertz CT molecular complexity index is 263. The van der Waals surface area contributed by atoms with Gasteiger partial charge >= 0.3 is 0 Å². The Balaban J connectivity index is 3.39. The van der Waals surface area contributed by atoms with Crippen LogP contribution in [0.1, 0.15) is 52.4 Å². The minimum absolute atomic E-state index is 0.0428. The van der Waals surface area contributed by atoms with E-state index in [1.165, 1.54) is 6.42 Å². The Morgan fingerprint density at radius 3 is 2.33 bits per heavy atom. The number of allylic oxidation sites excluding steroid dienone is 2. The van der Waals surface area contributed by atoms with Gasteiger partial charge in [-0.3, -0.25) is 9.59 Å². The average molecular weight is 254 g/mol. The van der Waals surface area contributed by atoms with Gasteiger partial charge in [0.2, 0.25) is 11.8 Å². The highest BCUT2D eigenvalue weighted by atomic mass is 16.2. The number of carbonyl (C=O) groups is 2. The quantitative estimate of drug-likeness (QED) is 0.463. The lowest BCUT2D eigenvalue weighted by Gasteiger charge is -2.04. The zero-order chi connectivity index (χ0) is 13.6. The van der Waals surface area contributed by atoms with Crippen molar-refractivity contribution in [3.05, 3.63) is 12.2 Å². The van der Waals surface area contributed by atoms with Crippen molar-refractivity contribution in [1.82, 2.24) is 10.6 Å². The number of amides is 2. The number of rotatable bonds is 10. The molecule has 4 heteroatoms. The minimum atomic E-state index is -0.131. The first-order valence-electron chi connectivity index (χ1n) is 6.89. The van der Waals surface area contributed by atoms with Crippen LogP contribution in [0.4, 0.5) is 0 Å². The maximum absolute atomic E-state index is 11.4. The molecule has 0 fully saturated rings. The van der Waals surface area contributed by atoms with Gasteiger partial charge in [-0.1, -0.05) is 25.5 Å². The van der Waals surface area contributed by atoms with Crippen molar-refractivity contribution in [2.45, 2.75) is 52.4 Å². The molecule has 0 atom stereocenters. The predicted molar refractivity (Wildman–Crippen MR) is 74.2 cm³/mol. The maximum Gasteiger partial charge on any atom is 0.239 e. The summed E-state index contributed by atoms with van der Waals surface area (Å²) in [6.07, 6.45) is 10.1. The normalized spacial score (nSPS) is 10.6. The fourth-order valence-corrected chi connectivity index (χ4v) is 1.48. The lowest BCUT2D eigenvalue weighted by molar-refractivity contribution is -0.126. The van der Waals surface area contributed by atoms with Crippen LogP contribution in [0.25, 0.3) is 0 Å². The molecule has 0 aliphatic rings. The minimum Gasteiger partial charge on any atom is -0.355 e. The lowest BCUT2D eigenvalue weighted by atomic mass is 10.1. The van der Waals surface area contributed by atoms with E-state index >= 15 is 0 Å². The SMILES string of the molecule is CCC/C=C\CCCCC(=O)NCC(=O)NCC. The largest absolute Gasteiger partial charge is 0.355 e. The van der Waals surface area contributed by atoms with Gasteiger partial charge in [0, 0.05) is 13.0 Å². The summed E-state index contributed by atoms with van der Waals surface area (Å²) in [7, 11) is 0. The fraction of sp³-hybridized carbons (Fsp3) is 0.714. The van der Waals surface area contributed by atoms with Gasteiger partial charge in [-0.2, -0.15) is 0 Å². The van der Waals surface area contributed by atoms with Crippen molar-refractivity contribution >= 4 is 11.8 Å². The molecule has 0 rings (SSSR count). The molecule has 0 aromatic heterocycles. The molecule has 0 unspecified atom stereocenters. The molecule has 18 heavy (non-hydrogen) atoms. The summed E-state index contributed by atoms with van der Waals surface area (Å²) in [6.45, 7) is 4.69. The van der Waals surface area contributed by atoms with Gasteiger partial charge < -0.3 is 10.6 Å². The molecule has 0 aliphatic heterocycles. The highest BCUT2D eigenvalue weighted by molar-refractivity contribution is 5.84. The predicted octanol–water partition coefficient (Wildman–Crippen LogP) is 2.16. The molecule has 2 amide bonds. The number of hydrogen-bond donors (Lipinski definition) is 2. The van der Waals surface area contributed by atoms with E-state index < -0.39 is 0 Å². The van der Waals surface area contributed by atoms with Crippen molar-refractivity contribution in [3.63, 3.8) is 0 Å². The molecule has 0 saturated carbocycles. The van der Waals surface area contributed by atoms with Gasteiger partial charge in [0.1, 0.15) is 0 Å². The molecule has 0 spiro atoms. The van der Waals surface area contributed by atoms with Crippen molar-refractivity contribution in [2.24, 2.45) is 0 Å². The summed E-state index contributed by atoms with van der Waals surface area (Å²) in [5.74, 6) is -0.174. The molecular weight excluding hydrogens is 228 g/mol. The number of unbranched alkanes of at least 4 members (excludes halogenated alkanes) is 3. The zero-order valence-corrected chi connectivity index (χ0v) is 11.6. The molecule has 0 radical (unpaired) electrons. The van der Waals surface area contributed by atoms with E-state index in [0.717, 1.165) is 25.7 Å². The fourth-order valence-electron chi connectivity index (χ4n) is 1.48. The monoisotopic (exact) mass is 254 g/mol. The zero-order valence-electron chi connectivity index (χ0n) is 11.6. The van der Waals surface area contributed by atoms with Crippen molar-refractivity contribution in [2.75, 3.05) is 13.1 Å². The third-order valence-corrected chi connectivity index (χ3v) is 2.47. The number of nitrogens with one attached hydrogen (secondary N) is 2. The maximum atomic E-state index is 11.4. The van der Waals surface area contributed by atoms with E-state index in [0.29, 0.717) is 13.0 Å². The smallest absolute Gasteiger partial charge is 0.239 e. The summed E-state index contributed by atoms with van der Waals surface area (Å²) < 4.78 is 0. The van der Waals surface area contributed by atoms with Crippen LogP contribution >= 0.6 is 0 Å². The second-order valence-corrected chi connectivity index (χ2v) is 4.24. The van der Waals surface area contributed by atoms with Gasteiger partial charge in [-0.25, -0.2) is 0 Å². The van der Waals surface area contributed by atoms with Crippen LogP contribution in [-0.4, -0.2) is 24.9 Å². The Hall–Kier alpha value is -1.32. The Labute approximate surface area is 110 Å². The highest BCUT2D eigenvalue weighted by Gasteiger charge is 2.03. The van der Waals surface area contributed by atoms with Gasteiger partial charge in [0.25, 0.3) is 0 Å². The van der Waals surface area contributed by atoms with Crippen LogP contribution in [0.5, 0.6) is 0 Å². The van der Waals surface area contributed by atoms with Gasteiger partial charge in [0.05, 0.1) is 6.54 Å². The van der Waals surface area contributed by atoms with E-state index in [2.05, 4.69) is 29.7 Å². The molecule has 0 saturated heterocycles. The molecule has 0 aliphatic carbocycles. The lowest BCUT2D eigenvalue weighted by Crippen LogP contribution is -2.36. The third-order valence-electron chi connectivity index (χ3n) is 2.47. The van der Waals surface area contributed by atoms with Gasteiger partial charge in [-0.05, 0) is 32.6 Å². The van der Waals surface area contributed by atoms with Crippen LogP contribution in [0.2, 0.25) is 0 Å². The molecule has 0 bridgehead atoms. The van der Waals surface area contributed by atoms with E-state index in [-0.39, 0.29) is 18.4 Å². The van der Waals surface area contributed by atoms with E-state index in [9.17, 15) is 9.59 Å². The second-order valence-electron chi connectivity index (χ2n) is 4.24. The summed E-state index contributed by atoms with van der Waals surface area (Å²) >= 11 is 0. The molecule has 2 N–H and O–H groups in total. The summed E-state index contributed by atoms with van der Waals surface area (Å²) in [6, 6.07) is 0. The van der Waals surface area contributed by atoms with Gasteiger partial charge in [-0.15, -0.1) is 0 Å². The topological polar surface area (TPSA) is 58.2 Å². The Morgan fingerprint density at radius 2 is 1.67 bits per heavy atom. The van der Waals surface area contributed by atoms with E-state index in [1.54, 1.807) is 0 Å². The van der Waals surface area contributed by atoms with E-state index in [4.69, 9.17) is 0 Å². The number of hydrogen-bond acceptors (Lipinski definition) is 2. The van der Waals surface area contributed by atoms with Crippen molar-refractivity contribution in [1.29, 1.82) is 0 Å². The highest BCUT2D eigenvalue weighted by Crippen LogP contribution is 2.01. The van der Waals surface area contributed by atoms with Crippen LogP contribution in [0.3, 0.4) is 0 Å². The molecule has 0 aromatic carbocycles. The summed E-state index contributed by atoms with van der Waals surface area (Å²) in [5.41, 5.74) is 0. The van der Waals surface area contributed by atoms with Crippen LogP contribution < -0.4 is 10.6 Å². The molecule has 4 nitrogen and oxygen atoms in total. The van der Waals surface area contributed by atoms with Gasteiger partial charge in [0.15, 0.2) is 0 Å². The number of carbonyl (C=O) groups excluding carboxylic acids is 2. The number of likely N-dealkylation sites (N-methyl/N-ethyl adjacent to an activating group) is 1. The van der Waals surface area contributed by atoms with E-state index in [1.807, 2.05) is 6.92 Å². The molecular formula is C14H26N2O2. The van der Waals surface area contributed by atoms with Crippen LogP contribution in [-0.2, 0) is 9.59 Å². The first-order chi connectivity index (χ1) is 8.70. The summed E-state index contributed by atoms with van der Waals surface area (Å²) in [5, 5.41) is 5.24. The Kier molecular flexibility index (Phi) is 11.3. The third kappa shape index (κ3) is 11.2. The molecule has 0 heterocycles. The van der Waals surface area contributed by atoms with Crippen molar-refractivity contribution in [3.8, 4) is 0 Å². The summed E-state index contributed by atoms with van der Waals surface area (Å²) in [4.78, 5) is 22.5.